The second kappa shape index (κ2) is 7.75. The lowest BCUT2D eigenvalue weighted by Gasteiger charge is -2.15. The molecule has 6 nitrogen and oxygen atoms in total. The molecule has 1 aliphatic heterocycles. The van der Waals surface area contributed by atoms with E-state index >= 15 is 0 Å². The summed E-state index contributed by atoms with van der Waals surface area (Å²) in [7, 11) is 0. The van der Waals surface area contributed by atoms with Crippen LogP contribution in [0.15, 0.2) is 41.3 Å². The largest absolute Gasteiger partial charge is 0.324 e. The first-order chi connectivity index (χ1) is 12.8. The number of imide groups is 1. The average Bonchev–Trinajstić information content (AvgIpc) is 2.86. The van der Waals surface area contributed by atoms with E-state index in [1.807, 2.05) is 51.1 Å². The Hall–Kier alpha value is -2.93. The zero-order chi connectivity index (χ0) is 19.6. The molecule has 0 bridgehead atoms. The van der Waals surface area contributed by atoms with Crippen molar-refractivity contribution in [2.45, 2.75) is 20.8 Å². The summed E-state index contributed by atoms with van der Waals surface area (Å²) in [6, 6.07) is 11.1. The zero-order valence-corrected chi connectivity index (χ0v) is 16.1. The van der Waals surface area contributed by atoms with Crippen LogP contribution in [0.1, 0.15) is 22.5 Å². The first kappa shape index (κ1) is 18.8. The second-order valence-corrected chi connectivity index (χ2v) is 7.28. The highest BCUT2D eigenvalue weighted by Gasteiger charge is 2.36. The molecule has 0 atom stereocenters. The molecule has 2 heterocycles. The topological polar surface area (TPSA) is 79.4 Å². The van der Waals surface area contributed by atoms with E-state index in [1.54, 1.807) is 12.1 Å². The summed E-state index contributed by atoms with van der Waals surface area (Å²) in [5.41, 5.74) is 3.95. The van der Waals surface area contributed by atoms with Crippen LogP contribution in [0, 0.1) is 20.8 Å². The second-order valence-electron chi connectivity index (χ2n) is 6.29. The minimum absolute atomic E-state index is 0.262. The Kier molecular flexibility index (Phi) is 5.41. The molecule has 1 N–H and O–H groups in total. The van der Waals surface area contributed by atoms with Crippen LogP contribution in [0.5, 0.6) is 0 Å². The number of carbonyl (C=O) groups is 3. The number of rotatable bonds is 4. The highest BCUT2D eigenvalue weighted by Crippen LogP contribution is 2.32. The Morgan fingerprint density at radius 2 is 1.78 bits per heavy atom. The highest BCUT2D eigenvalue weighted by molar-refractivity contribution is 8.18. The van der Waals surface area contributed by atoms with Crippen molar-refractivity contribution in [2.75, 3.05) is 11.9 Å². The molecule has 27 heavy (non-hydrogen) atoms. The van der Waals surface area contributed by atoms with Crippen molar-refractivity contribution in [2.24, 2.45) is 0 Å². The van der Waals surface area contributed by atoms with Gasteiger partial charge in [0.05, 0.1) is 10.6 Å². The average molecular weight is 381 g/mol. The normalized spacial score (nSPS) is 15.5. The van der Waals surface area contributed by atoms with Crippen LogP contribution in [0.3, 0.4) is 0 Å². The number of anilines is 1. The van der Waals surface area contributed by atoms with Gasteiger partial charge in [0.2, 0.25) is 5.91 Å². The van der Waals surface area contributed by atoms with Crippen LogP contribution in [0.25, 0.3) is 6.08 Å². The SMILES string of the molecule is Cc1cccc(/C=C2/SC(=O)N(CC(=O)Nc3c(C)cccc3C)C2=O)n1. The van der Waals surface area contributed by atoms with Crippen molar-refractivity contribution >= 4 is 40.6 Å². The maximum Gasteiger partial charge on any atom is 0.294 e. The number of carbonyl (C=O) groups excluding carboxylic acids is 3. The Morgan fingerprint density at radius 3 is 2.44 bits per heavy atom. The van der Waals surface area contributed by atoms with Gasteiger partial charge in [0.1, 0.15) is 6.54 Å². The fourth-order valence-electron chi connectivity index (χ4n) is 2.75. The number of nitrogens with one attached hydrogen (secondary N) is 1. The molecule has 0 unspecified atom stereocenters. The van der Waals surface area contributed by atoms with Gasteiger partial charge in [0.15, 0.2) is 0 Å². The van der Waals surface area contributed by atoms with Gasteiger partial charge in [-0.3, -0.25) is 24.3 Å². The lowest BCUT2D eigenvalue weighted by Crippen LogP contribution is -2.36. The molecule has 0 saturated carbocycles. The molecule has 1 saturated heterocycles. The summed E-state index contributed by atoms with van der Waals surface area (Å²) < 4.78 is 0. The minimum atomic E-state index is -0.482. The van der Waals surface area contributed by atoms with Gasteiger partial charge in [-0.1, -0.05) is 24.3 Å². The van der Waals surface area contributed by atoms with E-state index in [4.69, 9.17) is 0 Å². The summed E-state index contributed by atoms with van der Waals surface area (Å²) in [4.78, 5) is 42.6. The van der Waals surface area contributed by atoms with Crippen molar-refractivity contribution in [3.63, 3.8) is 0 Å². The number of amides is 3. The highest BCUT2D eigenvalue weighted by atomic mass is 32.2. The quantitative estimate of drug-likeness (QED) is 0.817. The summed E-state index contributed by atoms with van der Waals surface area (Å²) in [6.45, 7) is 5.30. The molecular formula is C20H19N3O3S. The third kappa shape index (κ3) is 4.25. The monoisotopic (exact) mass is 381 g/mol. The maximum atomic E-state index is 12.5. The van der Waals surface area contributed by atoms with Gasteiger partial charge in [-0.25, -0.2) is 0 Å². The Morgan fingerprint density at radius 1 is 1.11 bits per heavy atom. The fourth-order valence-corrected chi connectivity index (χ4v) is 3.57. The van der Waals surface area contributed by atoms with E-state index in [0.717, 1.165) is 33.5 Å². The lowest BCUT2D eigenvalue weighted by atomic mass is 10.1. The van der Waals surface area contributed by atoms with Gasteiger partial charge in [0.25, 0.3) is 11.1 Å². The van der Waals surface area contributed by atoms with Crippen LogP contribution in [-0.2, 0) is 9.59 Å². The number of benzene rings is 1. The third-order valence-electron chi connectivity index (χ3n) is 4.11. The number of pyridine rings is 1. The first-order valence-corrected chi connectivity index (χ1v) is 9.22. The molecule has 138 valence electrons. The van der Waals surface area contributed by atoms with E-state index in [0.29, 0.717) is 11.4 Å². The first-order valence-electron chi connectivity index (χ1n) is 8.40. The summed E-state index contributed by atoms with van der Waals surface area (Å²) in [5.74, 6) is -0.894. The van der Waals surface area contributed by atoms with Gasteiger partial charge in [-0.05, 0) is 61.9 Å². The molecule has 0 radical (unpaired) electrons. The van der Waals surface area contributed by atoms with E-state index in [1.165, 1.54) is 0 Å². The van der Waals surface area contributed by atoms with Crippen molar-refractivity contribution in [3.8, 4) is 0 Å². The van der Waals surface area contributed by atoms with Crippen molar-refractivity contribution in [3.05, 3.63) is 63.8 Å². The molecule has 7 heteroatoms. The molecule has 1 aliphatic rings. The smallest absolute Gasteiger partial charge is 0.294 e. The Bertz CT molecular complexity index is 948. The zero-order valence-electron chi connectivity index (χ0n) is 15.3. The van der Waals surface area contributed by atoms with Crippen LogP contribution in [-0.4, -0.2) is 33.5 Å². The molecule has 0 spiro atoms. The Labute approximate surface area is 161 Å². The summed E-state index contributed by atoms with van der Waals surface area (Å²) in [6.07, 6.45) is 1.57. The van der Waals surface area contributed by atoms with Gasteiger partial charge in [0, 0.05) is 11.4 Å². The van der Waals surface area contributed by atoms with Crippen LogP contribution >= 0.6 is 11.8 Å². The number of aromatic nitrogens is 1. The van der Waals surface area contributed by atoms with E-state index in [2.05, 4.69) is 10.3 Å². The lowest BCUT2D eigenvalue weighted by molar-refractivity contribution is -0.127. The summed E-state index contributed by atoms with van der Waals surface area (Å²) >= 11 is 0.816. The number of thioether (sulfide) groups is 1. The third-order valence-corrected chi connectivity index (χ3v) is 5.02. The number of aryl methyl sites for hydroxylation is 3. The molecule has 1 aromatic carbocycles. The van der Waals surface area contributed by atoms with Gasteiger partial charge >= 0.3 is 0 Å². The van der Waals surface area contributed by atoms with E-state index in [-0.39, 0.29) is 11.4 Å². The van der Waals surface area contributed by atoms with Gasteiger partial charge in [-0.2, -0.15) is 0 Å². The molecule has 3 amide bonds. The van der Waals surface area contributed by atoms with E-state index in [9.17, 15) is 14.4 Å². The summed E-state index contributed by atoms with van der Waals surface area (Å²) in [5, 5.41) is 2.33. The molecule has 1 fully saturated rings. The molecule has 0 aliphatic carbocycles. The predicted octanol–water partition coefficient (Wildman–Crippen LogP) is 3.68. The standard InChI is InChI=1S/C20H19N3O3S/c1-12-6-4-7-13(2)18(12)22-17(24)11-23-19(25)16(27-20(23)26)10-15-9-5-8-14(3)21-15/h4-10H,11H2,1-3H3,(H,22,24)/b16-10+. The number of para-hydroxylation sites is 1. The van der Waals surface area contributed by atoms with Crippen molar-refractivity contribution in [1.29, 1.82) is 0 Å². The number of hydrogen-bond acceptors (Lipinski definition) is 5. The maximum absolute atomic E-state index is 12.5. The van der Waals surface area contributed by atoms with Crippen molar-refractivity contribution < 1.29 is 14.4 Å². The molecular weight excluding hydrogens is 362 g/mol. The fraction of sp³-hybridized carbons (Fsp3) is 0.200. The number of nitrogens with zero attached hydrogens (tertiary/aromatic N) is 2. The molecule has 3 rings (SSSR count). The van der Waals surface area contributed by atoms with Crippen molar-refractivity contribution in [1.82, 2.24) is 9.88 Å². The van der Waals surface area contributed by atoms with Gasteiger partial charge in [-0.15, -0.1) is 0 Å². The van der Waals surface area contributed by atoms with Crippen LogP contribution in [0.4, 0.5) is 10.5 Å². The van der Waals surface area contributed by atoms with Crippen LogP contribution < -0.4 is 5.32 Å². The minimum Gasteiger partial charge on any atom is -0.324 e. The van der Waals surface area contributed by atoms with Crippen LogP contribution in [0.2, 0.25) is 0 Å². The Balaban J connectivity index is 1.73. The van der Waals surface area contributed by atoms with E-state index < -0.39 is 17.1 Å². The molecule has 1 aromatic heterocycles. The molecule has 2 aromatic rings. The number of hydrogen-bond donors (Lipinski definition) is 1. The predicted molar refractivity (Wildman–Crippen MR) is 106 cm³/mol. The van der Waals surface area contributed by atoms with Gasteiger partial charge < -0.3 is 5.32 Å².